The largest absolute Gasteiger partial charge is 0.354 e. The quantitative estimate of drug-likeness (QED) is 0.760. The lowest BCUT2D eigenvalue weighted by Gasteiger charge is -2.10. The molecule has 0 saturated carbocycles. The zero-order valence-electron chi connectivity index (χ0n) is 10.7. The number of amides is 1. The second kappa shape index (κ2) is 9.62. The van der Waals surface area contributed by atoms with Crippen molar-refractivity contribution in [1.29, 1.82) is 0 Å². The smallest absolute Gasteiger partial charge is 0.228 e. The SMILES string of the molecule is CCCNCCNC(=O)C(C)c1ccc(Cl)s1.Cl. The Kier molecular flexibility index (Phi) is 9.46. The highest BCUT2D eigenvalue weighted by Crippen LogP contribution is 2.27. The Morgan fingerprint density at radius 3 is 2.67 bits per heavy atom. The molecule has 1 unspecified atom stereocenters. The van der Waals surface area contributed by atoms with Gasteiger partial charge in [0.25, 0.3) is 0 Å². The minimum Gasteiger partial charge on any atom is -0.354 e. The molecular formula is C12H20Cl2N2OS. The monoisotopic (exact) mass is 310 g/mol. The summed E-state index contributed by atoms with van der Waals surface area (Å²) in [4.78, 5) is 12.8. The van der Waals surface area contributed by atoms with E-state index < -0.39 is 0 Å². The van der Waals surface area contributed by atoms with Gasteiger partial charge in [0.1, 0.15) is 0 Å². The first kappa shape index (κ1) is 17.7. The molecule has 0 saturated heterocycles. The molecule has 0 bridgehead atoms. The van der Waals surface area contributed by atoms with Crippen LogP contribution in [0.3, 0.4) is 0 Å². The highest BCUT2D eigenvalue weighted by atomic mass is 35.5. The number of hydrogen-bond acceptors (Lipinski definition) is 3. The van der Waals surface area contributed by atoms with Gasteiger partial charge in [0, 0.05) is 18.0 Å². The lowest BCUT2D eigenvalue weighted by atomic mass is 10.1. The molecule has 0 fully saturated rings. The first-order valence-electron chi connectivity index (χ1n) is 5.88. The average Bonchev–Trinajstić information content (AvgIpc) is 2.74. The second-order valence-electron chi connectivity index (χ2n) is 3.90. The summed E-state index contributed by atoms with van der Waals surface area (Å²) in [6.07, 6.45) is 1.11. The zero-order valence-corrected chi connectivity index (χ0v) is 13.1. The number of thiophene rings is 1. The van der Waals surface area contributed by atoms with Crippen molar-refractivity contribution in [2.24, 2.45) is 0 Å². The van der Waals surface area contributed by atoms with Crippen LogP contribution in [-0.2, 0) is 4.79 Å². The molecule has 104 valence electrons. The molecule has 1 aromatic rings. The van der Waals surface area contributed by atoms with E-state index in [4.69, 9.17) is 11.6 Å². The summed E-state index contributed by atoms with van der Waals surface area (Å²) in [5, 5.41) is 6.15. The van der Waals surface area contributed by atoms with Crippen molar-refractivity contribution in [2.45, 2.75) is 26.2 Å². The van der Waals surface area contributed by atoms with E-state index in [1.165, 1.54) is 11.3 Å². The summed E-state index contributed by atoms with van der Waals surface area (Å²) >= 11 is 7.31. The molecule has 1 heterocycles. The van der Waals surface area contributed by atoms with E-state index in [2.05, 4.69) is 17.6 Å². The Labute approximate surface area is 124 Å². The maximum Gasteiger partial charge on any atom is 0.228 e. The Morgan fingerprint density at radius 1 is 1.39 bits per heavy atom. The van der Waals surface area contributed by atoms with E-state index in [0.29, 0.717) is 6.54 Å². The summed E-state index contributed by atoms with van der Waals surface area (Å²) in [7, 11) is 0. The summed E-state index contributed by atoms with van der Waals surface area (Å²) in [5.74, 6) is -0.0690. The fourth-order valence-corrected chi connectivity index (χ4v) is 2.53. The zero-order chi connectivity index (χ0) is 12.7. The third kappa shape index (κ3) is 6.05. The fraction of sp³-hybridized carbons (Fsp3) is 0.583. The van der Waals surface area contributed by atoms with E-state index in [9.17, 15) is 4.79 Å². The minimum atomic E-state index is -0.126. The summed E-state index contributed by atoms with van der Waals surface area (Å²) in [5.41, 5.74) is 0. The van der Waals surface area contributed by atoms with E-state index >= 15 is 0 Å². The maximum atomic E-state index is 11.8. The predicted octanol–water partition coefficient (Wildman–Crippen LogP) is 3.04. The molecule has 3 nitrogen and oxygen atoms in total. The molecule has 1 aromatic heterocycles. The number of rotatable bonds is 7. The predicted molar refractivity (Wildman–Crippen MR) is 81.2 cm³/mol. The van der Waals surface area contributed by atoms with E-state index in [0.717, 1.165) is 28.7 Å². The molecule has 0 spiro atoms. The molecule has 2 N–H and O–H groups in total. The van der Waals surface area contributed by atoms with Crippen molar-refractivity contribution in [2.75, 3.05) is 19.6 Å². The van der Waals surface area contributed by atoms with Gasteiger partial charge in [-0.1, -0.05) is 18.5 Å². The van der Waals surface area contributed by atoms with Gasteiger partial charge >= 0.3 is 0 Å². The Balaban J connectivity index is 0.00000289. The van der Waals surface area contributed by atoms with Gasteiger partial charge in [0.15, 0.2) is 0 Å². The summed E-state index contributed by atoms with van der Waals surface area (Å²) < 4.78 is 0.726. The van der Waals surface area contributed by atoms with Crippen molar-refractivity contribution in [3.05, 3.63) is 21.3 Å². The van der Waals surface area contributed by atoms with Crippen LogP contribution in [-0.4, -0.2) is 25.5 Å². The topological polar surface area (TPSA) is 41.1 Å². The van der Waals surface area contributed by atoms with Gasteiger partial charge in [0.05, 0.1) is 10.3 Å². The molecule has 6 heteroatoms. The Morgan fingerprint density at radius 2 is 2.11 bits per heavy atom. The molecule has 0 aromatic carbocycles. The molecule has 0 radical (unpaired) electrons. The molecule has 1 atom stereocenters. The third-order valence-electron chi connectivity index (χ3n) is 2.44. The van der Waals surface area contributed by atoms with Crippen molar-refractivity contribution >= 4 is 41.3 Å². The fourth-order valence-electron chi connectivity index (χ4n) is 1.42. The van der Waals surface area contributed by atoms with Gasteiger partial charge in [-0.25, -0.2) is 0 Å². The molecular weight excluding hydrogens is 291 g/mol. The van der Waals surface area contributed by atoms with E-state index in [1.54, 1.807) is 0 Å². The Bertz CT molecular complexity index is 358. The normalized spacial score (nSPS) is 11.7. The van der Waals surface area contributed by atoms with Crippen LogP contribution in [0.15, 0.2) is 12.1 Å². The van der Waals surface area contributed by atoms with Crippen LogP contribution in [0.25, 0.3) is 0 Å². The number of carbonyl (C=O) groups excluding carboxylic acids is 1. The standard InChI is InChI=1S/C12H19ClN2OS.ClH/c1-3-6-14-7-8-15-12(16)9(2)10-4-5-11(13)17-10;/h4-5,9,14H,3,6-8H2,1-2H3,(H,15,16);1H. The maximum absolute atomic E-state index is 11.8. The number of hydrogen-bond donors (Lipinski definition) is 2. The van der Waals surface area contributed by atoms with Crippen LogP contribution in [0, 0.1) is 0 Å². The molecule has 0 aliphatic heterocycles. The minimum absolute atomic E-state index is 0. The van der Waals surface area contributed by atoms with Crippen molar-refractivity contribution < 1.29 is 4.79 Å². The third-order valence-corrected chi connectivity index (χ3v) is 3.86. The van der Waals surface area contributed by atoms with Gasteiger partial charge < -0.3 is 10.6 Å². The molecule has 0 aliphatic carbocycles. The second-order valence-corrected chi connectivity index (χ2v) is 5.65. The van der Waals surface area contributed by atoms with Crippen molar-refractivity contribution in [1.82, 2.24) is 10.6 Å². The van der Waals surface area contributed by atoms with Gasteiger partial charge in [-0.15, -0.1) is 23.7 Å². The van der Waals surface area contributed by atoms with Crippen LogP contribution in [0.1, 0.15) is 31.1 Å². The lowest BCUT2D eigenvalue weighted by molar-refractivity contribution is -0.122. The van der Waals surface area contributed by atoms with Crippen LogP contribution in [0.4, 0.5) is 0 Å². The average molecular weight is 311 g/mol. The molecule has 1 amide bonds. The van der Waals surface area contributed by atoms with E-state index in [1.807, 2.05) is 19.1 Å². The lowest BCUT2D eigenvalue weighted by Crippen LogP contribution is -2.34. The van der Waals surface area contributed by atoms with Crippen LogP contribution >= 0.6 is 35.3 Å². The summed E-state index contributed by atoms with van der Waals surface area (Å²) in [6, 6.07) is 3.74. The van der Waals surface area contributed by atoms with Crippen LogP contribution < -0.4 is 10.6 Å². The van der Waals surface area contributed by atoms with Crippen LogP contribution in [0.5, 0.6) is 0 Å². The first-order chi connectivity index (χ1) is 8.15. The highest BCUT2D eigenvalue weighted by molar-refractivity contribution is 7.16. The van der Waals surface area contributed by atoms with Crippen molar-refractivity contribution in [3.8, 4) is 0 Å². The summed E-state index contributed by atoms with van der Waals surface area (Å²) in [6.45, 7) is 6.50. The highest BCUT2D eigenvalue weighted by Gasteiger charge is 2.16. The van der Waals surface area contributed by atoms with Gasteiger partial charge in [-0.2, -0.15) is 0 Å². The Hall–Kier alpha value is -0.290. The van der Waals surface area contributed by atoms with Gasteiger partial charge in [-0.05, 0) is 32.0 Å². The first-order valence-corrected chi connectivity index (χ1v) is 7.08. The van der Waals surface area contributed by atoms with Gasteiger partial charge in [0.2, 0.25) is 5.91 Å². The van der Waals surface area contributed by atoms with E-state index in [-0.39, 0.29) is 24.2 Å². The molecule has 18 heavy (non-hydrogen) atoms. The number of nitrogens with one attached hydrogen (secondary N) is 2. The van der Waals surface area contributed by atoms with Crippen LogP contribution in [0.2, 0.25) is 4.34 Å². The number of halogens is 2. The number of carbonyl (C=O) groups is 1. The van der Waals surface area contributed by atoms with Crippen molar-refractivity contribution in [3.63, 3.8) is 0 Å². The molecule has 0 aliphatic rings. The van der Waals surface area contributed by atoms with Gasteiger partial charge in [-0.3, -0.25) is 4.79 Å². The molecule has 1 rings (SSSR count).